The van der Waals surface area contributed by atoms with Crippen LogP contribution in [0.15, 0.2) is 64.8 Å². The average molecular weight is 575 g/mol. The van der Waals surface area contributed by atoms with Crippen molar-refractivity contribution in [1.29, 1.82) is 0 Å². The van der Waals surface area contributed by atoms with Gasteiger partial charge in [-0.15, -0.1) is 10.2 Å². The van der Waals surface area contributed by atoms with Gasteiger partial charge in [-0.25, -0.2) is 8.42 Å². The molecule has 0 bridgehead atoms. The second-order valence-electron chi connectivity index (χ2n) is 7.82. The number of ether oxygens (including phenoxy) is 1. The van der Waals surface area contributed by atoms with Crippen LogP contribution >= 0.6 is 30.8 Å². The van der Waals surface area contributed by atoms with Crippen molar-refractivity contribution >= 4 is 57.4 Å². The third-order valence-electron chi connectivity index (χ3n) is 5.21. The maximum Gasteiger partial charge on any atom is 0.345 e. The van der Waals surface area contributed by atoms with Gasteiger partial charge in [-0.2, -0.15) is 0 Å². The first kappa shape index (κ1) is 26.6. The molecule has 0 saturated heterocycles. The predicted molar refractivity (Wildman–Crippen MR) is 136 cm³/mol. The summed E-state index contributed by atoms with van der Waals surface area (Å²) in [4.78, 5) is 19.3. The van der Waals surface area contributed by atoms with Crippen molar-refractivity contribution in [2.45, 2.75) is 11.7 Å². The Morgan fingerprint density at radius 1 is 1.17 bits per heavy atom. The molecule has 3 N–H and O–H groups in total. The quantitative estimate of drug-likeness (QED) is 0.327. The first-order valence-corrected chi connectivity index (χ1v) is 14.5. The van der Waals surface area contributed by atoms with Crippen LogP contribution in [0.3, 0.4) is 0 Å². The number of sulfonamides is 1. The van der Waals surface area contributed by atoms with E-state index in [4.69, 9.17) is 33.0 Å². The first-order valence-electron chi connectivity index (χ1n) is 10.5. The van der Waals surface area contributed by atoms with Gasteiger partial charge in [0.15, 0.2) is 5.82 Å². The highest BCUT2D eigenvalue weighted by molar-refractivity contribution is 7.93. The molecule has 1 aromatic carbocycles. The summed E-state index contributed by atoms with van der Waals surface area (Å²) in [5, 5.41) is 16.6. The van der Waals surface area contributed by atoms with Gasteiger partial charge < -0.3 is 19.6 Å². The van der Waals surface area contributed by atoms with Crippen LogP contribution in [0.25, 0.3) is 16.7 Å². The molecule has 2 heterocycles. The minimum atomic E-state index is -4.79. The number of anilines is 1. The van der Waals surface area contributed by atoms with Crippen molar-refractivity contribution in [3.8, 4) is 11.7 Å². The van der Waals surface area contributed by atoms with Gasteiger partial charge in [0.25, 0.3) is 0 Å². The van der Waals surface area contributed by atoms with Gasteiger partial charge in [0.2, 0.25) is 15.9 Å². The number of allylic oxidation sites excluding steroid dienone is 3. The smallest absolute Gasteiger partial charge is 0.345 e. The molecule has 1 aliphatic rings. The second-order valence-corrected chi connectivity index (χ2v) is 12.4. The maximum absolute atomic E-state index is 13.5. The summed E-state index contributed by atoms with van der Waals surface area (Å²) in [5.74, 6) is 0.703. The molecule has 0 fully saturated rings. The summed E-state index contributed by atoms with van der Waals surface area (Å²) < 4.78 is 46.4. The third-order valence-corrected chi connectivity index (χ3v) is 8.58. The van der Waals surface area contributed by atoms with Crippen LogP contribution in [-0.4, -0.2) is 62.8 Å². The molecule has 0 spiro atoms. The van der Waals surface area contributed by atoms with Crippen LogP contribution in [0, 0.1) is 0 Å². The lowest BCUT2D eigenvalue weighted by Gasteiger charge is -2.29. The van der Waals surface area contributed by atoms with Crippen molar-refractivity contribution < 1.29 is 32.6 Å². The molecular weight excluding hydrogens is 554 g/mol. The fraction of sp³-hybridized carbons (Fsp3) is 0.238. The monoisotopic (exact) mass is 574 g/mol. The Hall–Kier alpha value is -2.44. The first-order chi connectivity index (χ1) is 17.0. The molecule has 2 aromatic heterocycles. The van der Waals surface area contributed by atoms with Gasteiger partial charge in [-0.05, 0) is 42.5 Å². The summed E-state index contributed by atoms with van der Waals surface area (Å²) in [5.41, 5.74) is 0.717. The lowest BCUT2D eigenvalue weighted by atomic mass is 10.2. The Bertz CT molecular complexity index is 1490. The molecule has 0 saturated carbocycles. The van der Waals surface area contributed by atoms with E-state index in [-0.39, 0.29) is 41.3 Å². The van der Waals surface area contributed by atoms with Gasteiger partial charge in [-0.3, -0.25) is 13.4 Å². The SMILES string of the molecule is O=P(O)(O)CN(c1ccc2c(ccn2-c2ccc(OCCO)nn2)c1)S(=O)(=O)C1C=C(Cl)C=C(Cl)C1. The number of fused-ring (bicyclic) bond motifs is 1. The van der Waals surface area contributed by atoms with Gasteiger partial charge >= 0.3 is 7.60 Å². The summed E-state index contributed by atoms with van der Waals surface area (Å²) >= 11 is 12.0. The van der Waals surface area contributed by atoms with Crippen molar-refractivity contribution in [2.75, 3.05) is 23.8 Å². The van der Waals surface area contributed by atoms with Crippen LogP contribution in [0.1, 0.15) is 6.42 Å². The Kier molecular flexibility index (Phi) is 7.77. The van der Waals surface area contributed by atoms with Crippen LogP contribution in [0.5, 0.6) is 5.88 Å². The van der Waals surface area contributed by atoms with Crippen LogP contribution in [-0.2, 0) is 14.6 Å². The van der Waals surface area contributed by atoms with Crippen molar-refractivity contribution in [3.05, 3.63) is 64.8 Å². The number of hydrogen-bond acceptors (Lipinski definition) is 7. The van der Waals surface area contributed by atoms with Crippen LogP contribution in [0.4, 0.5) is 5.69 Å². The molecule has 4 rings (SSSR count). The van der Waals surface area contributed by atoms with E-state index < -0.39 is 29.2 Å². The fourth-order valence-electron chi connectivity index (χ4n) is 3.67. The standard InChI is InChI=1S/C21H21Cl2N4O7PS/c22-15-10-16(23)12-18(11-15)36(32,33)27(13-35(29,30)31)17-1-2-19-14(9-17)5-6-26(19)20-3-4-21(25-24-20)34-8-7-28/h1-6,9-11,18,28H,7-8,12-13H2,(H2,29,30,31). The minimum Gasteiger partial charge on any atom is -0.474 e. The van der Waals surface area contributed by atoms with E-state index in [9.17, 15) is 22.8 Å². The van der Waals surface area contributed by atoms with Crippen molar-refractivity contribution in [1.82, 2.24) is 14.8 Å². The van der Waals surface area contributed by atoms with E-state index in [1.807, 2.05) is 0 Å². The maximum atomic E-state index is 13.5. The molecule has 1 unspecified atom stereocenters. The average Bonchev–Trinajstić information content (AvgIpc) is 3.23. The van der Waals surface area contributed by atoms with Gasteiger partial charge in [-0.1, -0.05) is 23.2 Å². The molecule has 11 nitrogen and oxygen atoms in total. The molecule has 36 heavy (non-hydrogen) atoms. The van der Waals surface area contributed by atoms with Gasteiger partial charge in [0.05, 0.1) is 17.8 Å². The Labute approximate surface area is 216 Å². The van der Waals surface area contributed by atoms with E-state index in [2.05, 4.69) is 10.2 Å². The Morgan fingerprint density at radius 3 is 2.58 bits per heavy atom. The van der Waals surface area contributed by atoms with Crippen LogP contribution in [0.2, 0.25) is 0 Å². The van der Waals surface area contributed by atoms with E-state index in [0.29, 0.717) is 21.0 Å². The minimum absolute atomic E-state index is 0.0672. The van der Waals surface area contributed by atoms with Crippen molar-refractivity contribution in [3.63, 3.8) is 0 Å². The summed E-state index contributed by atoms with van der Waals surface area (Å²) in [7, 11) is -9.10. The zero-order valence-corrected chi connectivity index (χ0v) is 21.7. The highest BCUT2D eigenvalue weighted by Gasteiger charge is 2.36. The summed E-state index contributed by atoms with van der Waals surface area (Å²) in [6.45, 7) is -0.0702. The van der Waals surface area contributed by atoms with Gasteiger partial charge in [0, 0.05) is 34.1 Å². The van der Waals surface area contributed by atoms with Crippen LogP contribution < -0.4 is 9.04 Å². The largest absolute Gasteiger partial charge is 0.474 e. The molecule has 1 atom stereocenters. The van der Waals surface area contributed by atoms with E-state index in [0.717, 1.165) is 0 Å². The van der Waals surface area contributed by atoms with Gasteiger partial charge in [0.1, 0.15) is 18.1 Å². The molecule has 0 radical (unpaired) electrons. The number of aliphatic hydroxyl groups is 1. The van der Waals surface area contributed by atoms with E-state index >= 15 is 0 Å². The zero-order chi connectivity index (χ0) is 26.1. The highest BCUT2D eigenvalue weighted by Crippen LogP contribution is 2.41. The zero-order valence-electron chi connectivity index (χ0n) is 18.5. The summed E-state index contributed by atoms with van der Waals surface area (Å²) in [6.07, 6.45) is 3.28. The molecule has 0 aliphatic heterocycles. The number of benzene rings is 1. The number of halogens is 2. The Balaban J connectivity index is 1.71. The molecule has 1 aliphatic carbocycles. The number of aliphatic hydroxyl groups excluding tert-OH is 1. The number of aromatic nitrogens is 3. The molecule has 3 aromatic rings. The molecular formula is C21H21Cl2N4O7PS. The lowest BCUT2D eigenvalue weighted by molar-refractivity contribution is 0.195. The fourth-order valence-corrected chi connectivity index (χ4v) is 7.50. The number of hydrogen-bond donors (Lipinski definition) is 3. The summed E-state index contributed by atoms with van der Waals surface area (Å²) in [6, 6.07) is 9.53. The van der Waals surface area contributed by atoms with E-state index in [1.54, 1.807) is 35.0 Å². The van der Waals surface area contributed by atoms with E-state index in [1.165, 1.54) is 24.3 Å². The van der Waals surface area contributed by atoms with Crippen molar-refractivity contribution in [2.24, 2.45) is 0 Å². The molecule has 15 heteroatoms. The Morgan fingerprint density at radius 2 is 1.94 bits per heavy atom. The molecule has 192 valence electrons. The predicted octanol–water partition coefficient (Wildman–Crippen LogP) is 3.08. The second kappa shape index (κ2) is 10.5. The normalized spacial score (nSPS) is 16.5. The third kappa shape index (κ3) is 5.92. The topological polar surface area (TPSA) is 155 Å². The lowest BCUT2D eigenvalue weighted by Crippen LogP contribution is -2.39. The number of nitrogens with zero attached hydrogens (tertiary/aromatic N) is 4. The molecule has 0 amide bonds. The number of rotatable bonds is 9. The highest BCUT2D eigenvalue weighted by atomic mass is 35.5.